The van der Waals surface area contributed by atoms with Crippen LogP contribution in [-0.4, -0.2) is 74.9 Å². The first-order valence-electron chi connectivity index (χ1n) is 26.0. The number of esters is 2. The molecule has 0 aliphatic heterocycles. The molecule has 1 N–H and O–H groups in total. The van der Waals surface area contributed by atoms with Gasteiger partial charge < -0.3 is 18.9 Å². The van der Waals surface area contributed by atoms with E-state index in [9.17, 15) is 19.0 Å². The lowest BCUT2D eigenvalue weighted by Gasteiger charge is -2.24. The number of nitrogens with zero attached hydrogens (tertiary/aromatic N) is 1. The lowest BCUT2D eigenvalue weighted by molar-refractivity contribution is -0.870. The van der Waals surface area contributed by atoms with E-state index in [2.05, 4.69) is 62.5 Å². The molecule has 0 rings (SSSR count). The fourth-order valence-corrected chi connectivity index (χ4v) is 7.74. The number of carbonyl (C=O) groups excluding carboxylic acids is 2. The maximum absolute atomic E-state index is 12.7. The van der Waals surface area contributed by atoms with Crippen LogP contribution in [0.1, 0.15) is 219 Å². The number of ether oxygens (including phenoxy) is 2. The molecule has 0 aromatic rings. The number of allylic oxidation sites excluding steroid dienone is 10. The molecule has 64 heavy (non-hydrogen) atoms. The van der Waals surface area contributed by atoms with Gasteiger partial charge in [-0.3, -0.25) is 18.6 Å². The Morgan fingerprint density at radius 1 is 0.484 bits per heavy atom. The van der Waals surface area contributed by atoms with Crippen molar-refractivity contribution in [1.82, 2.24) is 0 Å². The summed E-state index contributed by atoms with van der Waals surface area (Å²) in [6.07, 6.45) is 57.2. The van der Waals surface area contributed by atoms with Gasteiger partial charge in [-0.2, -0.15) is 0 Å². The van der Waals surface area contributed by atoms with Crippen molar-refractivity contribution in [2.75, 3.05) is 47.5 Å². The molecule has 2 atom stereocenters. The van der Waals surface area contributed by atoms with Crippen LogP contribution in [0.4, 0.5) is 0 Å². The van der Waals surface area contributed by atoms with Crippen molar-refractivity contribution in [2.24, 2.45) is 0 Å². The number of phosphoric ester groups is 1. The standard InChI is InChI=1S/C54H98NO8P/c1-6-8-10-12-14-16-18-20-22-24-26-27-29-30-32-34-36-38-40-42-44-46-53(56)60-50-52(51-62-64(58,59)61-49-48-55(3,4)5)63-54(57)47-45-43-41-39-37-35-33-31-28-25-23-21-19-17-15-13-11-9-7-2/h15,17,21,23,28,31,35,37,41,43,52H,6-14,16,18-20,22,24-27,29-30,32-34,36,38-40,42,44-51H2,1-5H3/p+1/b17-15-,23-21-,31-28-,37-35-,43-41-/t52-/m1/s1. The van der Waals surface area contributed by atoms with Crippen LogP contribution >= 0.6 is 7.82 Å². The first-order chi connectivity index (χ1) is 31.0. The third kappa shape index (κ3) is 49.2. The highest BCUT2D eigenvalue weighted by Crippen LogP contribution is 2.43. The number of unbranched alkanes of at least 4 members (excludes halogenated alkanes) is 23. The van der Waals surface area contributed by atoms with Crippen molar-refractivity contribution in [3.8, 4) is 0 Å². The summed E-state index contributed by atoms with van der Waals surface area (Å²) in [6, 6.07) is 0. The van der Waals surface area contributed by atoms with E-state index in [1.54, 1.807) is 0 Å². The van der Waals surface area contributed by atoms with Crippen LogP contribution in [0.5, 0.6) is 0 Å². The van der Waals surface area contributed by atoms with Gasteiger partial charge in [0.05, 0.1) is 27.7 Å². The third-order valence-electron chi connectivity index (χ3n) is 11.1. The molecule has 0 aliphatic carbocycles. The quantitative estimate of drug-likeness (QED) is 0.0211. The minimum absolute atomic E-state index is 0.0175. The van der Waals surface area contributed by atoms with Gasteiger partial charge in [0.25, 0.3) is 0 Å². The van der Waals surface area contributed by atoms with Gasteiger partial charge in [0.2, 0.25) is 0 Å². The van der Waals surface area contributed by atoms with E-state index in [1.807, 2.05) is 33.3 Å². The highest BCUT2D eigenvalue weighted by atomic mass is 31.2. The molecule has 1 unspecified atom stereocenters. The monoisotopic (exact) mass is 921 g/mol. The normalized spacial score (nSPS) is 13.9. The van der Waals surface area contributed by atoms with Gasteiger partial charge in [0.1, 0.15) is 19.8 Å². The lowest BCUT2D eigenvalue weighted by atomic mass is 10.0. The van der Waals surface area contributed by atoms with Crippen LogP contribution in [0.15, 0.2) is 60.8 Å². The average Bonchev–Trinajstić information content (AvgIpc) is 3.25. The first-order valence-corrected chi connectivity index (χ1v) is 27.5. The Kier molecular flexibility index (Phi) is 44.2. The molecule has 0 amide bonds. The van der Waals surface area contributed by atoms with Gasteiger partial charge in [-0.1, -0.05) is 216 Å². The predicted octanol–water partition coefficient (Wildman–Crippen LogP) is 15.6. The van der Waals surface area contributed by atoms with Crippen LogP contribution in [-0.2, 0) is 32.7 Å². The van der Waals surface area contributed by atoms with Gasteiger partial charge in [0, 0.05) is 12.8 Å². The molecule has 0 saturated carbocycles. The Bertz CT molecular complexity index is 1270. The number of hydrogen-bond donors (Lipinski definition) is 1. The zero-order valence-electron chi connectivity index (χ0n) is 42.0. The molecule has 10 heteroatoms. The zero-order chi connectivity index (χ0) is 47.1. The van der Waals surface area contributed by atoms with Crippen LogP contribution in [0.25, 0.3) is 0 Å². The van der Waals surface area contributed by atoms with Crippen molar-refractivity contribution in [3.05, 3.63) is 60.8 Å². The van der Waals surface area contributed by atoms with E-state index < -0.39 is 26.5 Å². The summed E-state index contributed by atoms with van der Waals surface area (Å²) < 4.78 is 34.4. The van der Waals surface area contributed by atoms with E-state index >= 15 is 0 Å². The summed E-state index contributed by atoms with van der Waals surface area (Å²) in [5.41, 5.74) is 0. The Morgan fingerprint density at radius 2 is 0.875 bits per heavy atom. The molecular formula is C54H99NO8P+. The van der Waals surface area contributed by atoms with E-state index in [4.69, 9.17) is 18.5 Å². The Labute approximate surface area is 394 Å². The maximum Gasteiger partial charge on any atom is 0.472 e. The van der Waals surface area contributed by atoms with Crippen LogP contribution in [0, 0.1) is 0 Å². The highest BCUT2D eigenvalue weighted by molar-refractivity contribution is 7.47. The second-order valence-electron chi connectivity index (χ2n) is 18.6. The van der Waals surface area contributed by atoms with Crippen LogP contribution in [0.2, 0.25) is 0 Å². The Morgan fingerprint density at radius 3 is 1.31 bits per heavy atom. The van der Waals surface area contributed by atoms with Crippen molar-refractivity contribution in [2.45, 2.75) is 225 Å². The molecule has 0 bridgehead atoms. The van der Waals surface area contributed by atoms with Crippen LogP contribution < -0.4 is 0 Å². The summed E-state index contributed by atoms with van der Waals surface area (Å²) in [6.45, 7) is 4.33. The Balaban J connectivity index is 4.33. The van der Waals surface area contributed by atoms with E-state index in [0.717, 1.165) is 44.9 Å². The van der Waals surface area contributed by atoms with Crippen molar-refractivity contribution in [1.29, 1.82) is 0 Å². The number of rotatable bonds is 47. The second-order valence-corrected chi connectivity index (χ2v) is 20.0. The Hall–Kier alpha value is -2.29. The van der Waals surface area contributed by atoms with Crippen molar-refractivity contribution < 1.29 is 42.1 Å². The van der Waals surface area contributed by atoms with Gasteiger partial charge in [-0.05, 0) is 51.4 Å². The summed E-state index contributed by atoms with van der Waals surface area (Å²) in [4.78, 5) is 35.5. The molecule has 0 aliphatic rings. The van der Waals surface area contributed by atoms with Gasteiger partial charge in [-0.15, -0.1) is 0 Å². The minimum atomic E-state index is -4.40. The predicted molar refractivity (Wildman–Crippen MR) is 270 cm³/mol. The summed E-state index contributed by atoms with van der Waals surface area (Å²) in [5.74, 6) is -0.889. The van der Waals surface area contributed by atoms with Gasteiger partial charge in [-0.25, -0.2) is 4.57 Å². The summed E-state index contributed by atoms with van der Waals surface area (Å²) in [7, 11) is 1.43. The molecule has 9 nitrogen and oxygen atoms in total. The second kappa shape index (κ2) is 45.8. The molecule has 0 spiro atoms. The van der Waals surface area contributed by atoms with E-state index in [-0.39, 0.29) is 32.0 Å². The number of likely N-dealkylation sites (N-methyl/N-ethyl adjacent to an activating group) is 1. The number of phosphoric acid groups is 1. The fraction of sp³-hybridized carbons (Fsp3) is 0.778. The number of quaternary nitrogens is 1. The molecule has 0 radical (unpaired) electrons. The minimum Gasteiger partial charge on any atom is -0.462 e. The fourth-order valence-electron chi connectivity index (χ4n) is 7.00. The largest absolute Gasteiger partial charge is 0.472 e. The van der Waals surface area contributed by atoms with Crippen LogP contribution in [0.3, 0.4) is 0 Å². The lowest BCUT2D eigenvalue weighted by Crippen LogP contribution is -2.37. The molecule has 0 saturated heterocycles. The van der Waals surface area contributed by atoms with E-state index in [0.29, 0.717) is 17.4 Å². The number of carbonyl (C=O) groups is 2. The van der Waals surface area contributed by atoms with Crippen molar-refractivity contribution >= 4 is 19.8 Å². The maximum atomic E-state index is 12.7. The smallest absolute Gasteiger partial charge is 0.462 e. The van der Waals surface area contributed by atoms with E-state index in [1.165, 1.54) is 141 Å². The average molecular weight is 921 g/mol. The zero-order valence-corrected chi connectivity index (χ0v) is 42.9. The van der Waals surface area contributed by atoms with Gasteiger partial charge >= 0.3 is 19.8 Å². The van der Waals surface area contributed by atoms with Crippen molar-refractivity contribution in [3.63, 3.8) is 0 Å². The molecule has 0 aromatic heterocycles. The molecule has 0 heterocycles. The summed E-state index contributed by atoms with van der Waals surface area (Å²) >= 11 is 0. The SMILES string of the molecule is CCCCC/C=C\C/C=C\C/C=C\C/C=C\C/C=C\CCC(=O)O[C@H](COC(=O)CCCCCCCCCCCCCCCCCCCCCCC)COP(=O)(O)OCC[N+](C)(C)C. The summed E-state index contributed by atoms with van der Waals surface area (Å²) in [5, 5.41) is 0. The first kappa shape index (κ1) is 61.7. The molecule has 372 valence electrons. The molecule has 0 fully saturated rings. The van der Waals surface area contributed by atoms with Gasteiger partial charge in [0.15, 0.2) is 6.10 Å². The molecule has 0 aromatic carbocycles. The highest BCUT2D eigenvalue weighted by Gasteiger charge is 2.27. The third-order valence-corrected chi connectivity index (χ3v) is 12.0. The molecular weight excluding hydrogens is 822 g/mol. The number of hydrogen-bond acceptors (Lipinski definition) is 7. The topological polar surface area (TPSA) is 108 Å².